The molecule has 0 nitrogen and oxygen atoms in total. The van der Waals surface area contributed by atoms with Gasteiger partial charge in [-0.3, -0.25) is 17.5 Å². The van der Waals surface area contributed by atoms with Gasteiger partial charge in [-0.1, -0.05) is 6.07 Å². The van der Waals surface area contributed by atoms with Crippen LogP contribution in [0.15, 0.2) is 36.4 Å². The fourth-order valence-electron chi connectivity index (χ4n) is 0.997. The van der Waals surface area contributed by atoms with Crippen LogP contribution in [-0.2, 0) is 18.6 Å². The van der Waals surface area contributed by atoms with E-state index >= 15 is 0 Å². The minimum Gasteiger partial charge on any atom is -0.286 e. The topological polar surface area (TPSA) is 0 Å². The number of rotatable bonds is 0. The van der Waals surface area contributed by atoms with Crippen LogP contribution in [0, 0.1) is 43.2 Å². The summed E-state index contributed by atoms with van der Waals surface area (Å²) in [6, 6.07) is 18.1. The molecule has 2 aromatic carbocycles. The maximum atomic E-state index is 3.10. The molecule has 0 aromatic heterocycles. The Kier molecular flexibility index (Phi) is 6.06. The number of benzene rings is 2. The fraction of sp³-hybridized carbons (Fsp3) is 0. The predicted octanol–water partition coefficient (Wildman–Crippen LogP) is 2.44. The Morgan fingerprint density at radius 2 is 1.42 bits per heavy atom. The molecule has 2 aromatic rings. The minimum atomic E-state index is 0. The second-order valence-electron chi connectivity index (χ2n) is 2.17. The Labute approximate surface area is 108 Å². The molecule has 1 radical (unpaired) electrons. The van der Waals surface area contributed by atoms with Crippen LogP contribution in [0.1, 0.15) is 0 Å². The van der Waals surface area contributed by atoms with Crippen molar-refractivity contribution in [3.05, 3.63) is 48.5 Å². The van der Waals surface area contributed by atoms with E-state index in [2.05, 4.69) is 24.3 Å². The number of hydrogen-bond acceptors (Lipinski definition) is 0. The molecule has 0 aliphatic rings. The van der Waals surface area contributed by atoms with Gasteiger partial charge in [-0.25, -0.2) is 23.6 Å². The second-order valence-corrected chi connectivity index (χ2v) is 2.17. The predicted molar refractivity (Wildman–Crippen MR) is 41.6 cm³/mol. The Morgan fingerprint density at radius 3 is 1.83 bits per heavy atom. The van der Waals surface area contributed by atoms with E-state index in [4.69, 9.17) is 0 Å². The van der Waals surface area contributed by atoms with E-state index in [1.807, 2.05) is 24.3 Å². The van der Waals surface area contributed by atoms with Gasteiger partial charge in [-0.05, 0) is 0 Å². The largest absolute Gasteiger partial charge is 0.286 e. The molecular weight excluding hydrogens is 409 g/mol. The van der Waals surface area contributed by atoms with Crippen molar-refractivity contribution >= 4 is 10.8 Å². The molecule has 0 aliphatic heterocycles. The molecule has 0 spiro atoms. The number of hydrogen-bond donors (Lipinski definition) is 0. The standard InChI is InChI=1S/C10H6.U.V/c1-2-6-10-8-4-3-7-9(10)5-1;;/h1-5,7H;;/q-2;;. The number of fused-ring (bicyclic) bond motifs is 1. The molecule has 0 amide bonds. The third-order valence-electron chi connectivity index (χ3n) is 1.49. The van der Waals surface area contributed by atoms with Crippen LogP contribution in [0.25, 0.3) is 10.8 Å². The first-order chi connectivity index (χ1) is 4.97. The third kappa shape index (κ3) is 2.68. The molecule has 0 saturated carbocycles. The Morgan fingerprint density at radius 1 is 0.917 bits per heavy atom. The Bertz CT molecular complexity index is 281. The van der Waals surface area contributed by atoms with E-state index < -0.39 is 0 Å². The van der Waals surface area contributed by atoms with E-state index in [-0.39, 0.29) is 49.7 Å². The van der Waals surface area contributed by atoms with Gasteiger partial charge >= 0.3 is 0 Å². The first-order valence-corrected chi connectivity index (χ1v) is 3.24. The first kappa shape index (κ1) is 12.3. The monoisotopic (exact) mass is 415 g/mol. The SMILES string of the molecule is [U].[V].[c-]1cccc2ccc[c-]c12. The van der Waals surface area contributed by atoms with Gasteiger partial charge in [-0.2, -0.15) is 6.07 Å². The molecule has 0 saturated heterocycles. The van der Waals surface area contributed by atoms with Crippen LogP contribution >= 0.6 is 0 Å². The average Bonchev–Trinajstić information content (AvgIpc) is 2.05. The van der Waals surface area contributed by atoms with Crippen molar-refractivity contribution < 1.29 is 49.7 Å². The quantitative estimate of drug-likeness (QED) is 0.581. The van der Waals surface area contributed by atoms with Crippen LogP contribution in [0.5, 0.6) is 0 Å². The summed E-state index contributed by atoms with van der Waals surface area (Å²) >= 11 is 0. The zero-order valence-corrected chi connectivity index (χ0v) is 12.0. The molecule has 12 heavy (non-hydrogen) atoms. The third-order valence-corrected chi connectivity index (χ3v) is 1.49. The van der Waals surface area contributed by atoms with Crippen molar-refractivity contribution in [1.82, 2.24) is 0 Å². The van der Waals surface area contributed by atoms with Gasteiger partial charge in [0, 0.05) is 49.7 Å². The molecule has 0 aliphatic carbocycles. The molecule has 0 heterocycles. The van der Waals surface area contributed by atoms with Crippen LogP contribution < -0.4 is 0 Å². The van der Waals surface area contributed by atoms with E-state index in [1.54, 1.807) is 0 Å². The van der Waals surface area contributed by atoms with Gasteiger partial charge in [0.15, 0.2) is 0 Å². The second kappa shape index (κ2) is 5.89. The smallest absolute Gasteiger partial charge is 0 e. The van der Waals surface area contributed by atoms with E-state index in [1.165, 1.54) is 5.39 Å². The molecule has 0 unspecified atom stereocenters. The average molecular weight is 415 g/mol. The van der Waals surface area contributed by atoms with Crippen molar-refractivity contribution in [1.29, 1.82) is 0 Å². The summed E-state index contributed by atoms with van der Waals surface area (Å²) in [5.41, 5.74) is 0. The van der Waals surface area contributed by atoms with Gasteiger partial charge in [0.25, 0.3) is 0 Å². The first-order valence-electron chi connectivity index (χ1n) is 3.24. The van der Waals surface area contributed by atoms with Crippen molar-refractivity contribution in [2.45, 2.75) is 0 Å². The van der Waals surface area contributed by atoms with Gasteiger partial charge < -0.3 is 0 Å². The van der Waals surface area contributed by atoms with Crippen molar-refractivity contribution in [3.8, 4) is 0 Å². The zero-order valence-electron chi connectivity index (χ0n) is 6.41. The Hall–Kier alpha value is 0.336. The summed E-state index contributed by atoms with van der Waals surface area (Å²) in [6.45, 7) is 0. The van der Waals surface area contributed by atoms with E-state index in [9.17, 15) is 0 Å². The van der Waals surface area contributed by atoms with Crippen LogP contribution in [0.4, 0.5) is 0 Å². The summed E-state index contributed by atoms with van der Waals surface area (Å²) in [6.07, 6.45) is 0. The summed E-state index contributed by atoms with van der Waals surface area (Å²) in [7, 11) is 0. The van der Waals surface area contributed by atoms with E-state index in [0.29, 0.717) is 0 Å². The summed E-state index contributed by atoms with van der Waals surface area (Å²) < 4.78 is 0. The molecular formula is C10H6UV-2. The summed E-state index contributed by atoms with van der Waals surface area (Å²) in [4.78, 5) is 0. The van der Waals surface area contributed by atoms with Crippen LogP contribution in [-0.4, -0.2) is 0 Å². The normalized spacial score (nSPS) is 8.33. The maximum absolute atomic E-state index is 3.10. The summed E-state index contributed by atoms with van der Waals surface area (Å²) in [5, 5.41) is 2.26. The molecule has 0 atom stereocenters. The molecule has 2 heteroatoms. The fourth-order valence-corrected chi connectivity index (χ4v) is 0.997. The Balaban J connectivity index is 0.000000605. The van der Waals surface area contributed by atoms with Crippen molar-refractivity contribution in [2.24, 2.45) is 0 Å². The van der Waals surface area contributed by atoms with Gasteiger partial charge in [0.2, 0.25) is 0 Å². The molecule has 0 bridgehead atoms. The minimum absolute atomic E-state index is 0. The van der Waals surface area contributed by atoms with Crippen LogP contribution in [0.2, 0.25) is 0 Å². The van der Waals surface area contributed by atoms with Crippen molar-refractivity contribution in [2.75, 3.05) is 0 Å². The molecule has 57 valence electrons. The summed E-state index contributed by atoms with van der Waals surface area (Å²) in [5.74, 6) is 0. The molecule has 0 fully saturated rings. The van der Waals surface area contributed by atoms with E-state index in [0.717, 1.165) is 5.39 Å². The zero-order chi connectivity index (χ0) is 6.81. The van der Waals surface area contributed by atoms with Gasteiger partial charge in [0.05, 0.1) is 0 Å². The molecule has 2 rings (SSSR count). The molecule has 0 N–H and O–H groups in total. The maximum Gasteiger partial charge on any atom is 0 e. The van der Waals surface area contributed by atoms with Gasteiger partial charge in [-0.15, -0.1) is 6.07 Å². The van der Waals surface area contributed by atoms with Crippen molar-refractivity contribution in [3.63, 3.8) is 0 Å². The van der Waals surface area contributed by atoms with Gasteiger partial charge in [0.1, 0.15) is 0 Å². The van der Waals surface area contributed by atoms with Crippen LogP contribution in [0.3, 0.4) is 0 Å².